The molecule has 0 radical (unpaired) electrons. The molecule has 0 aliphatic rings. The van der Waals surface area contributed by atoms with Crippen LogP contribution in [0.25, 0.3) is 22.4 Å². The Morgan fingerprint density at radius 2 is 1.59 bits per heavy atom. The smallest absolute Gasteiger partial charge is 0.257 e. The van der Waals surface area contributed by atoms with Gasteiger partial charge in [-0.1, -0.05) is 53.0 Å². The van der Waals surface area contributed by atoms with Crippen LogP contribution in [0.5, 0.6) is 5.75 Å². The second-order valence-corrected chi connectivity index (χ2v) is 8.79. The zero-order valence-corrected chi connectivity index (χ0v) is 20.1. The number of halogens is 6. The molecule has 0 aliphatic carbocycles. The number of nitrogens with zero attached hydrogens (tertiary/aromatic N) is 1. The van der Waals surface area contributed by atoms with Crippen molar-refractivity contribution in [1.29, 1.82) is 0 Å². The van der Waals surface area contributed by atoms with Crippen molar-refractivity contribution in [2.24, 2.45) is 0 Å². The van der Waals surface area contributed by atoms with Crippen LogP contribution in [0.15, 0.2) is 66.9 Å². The molecular weight excluding hydrogens is 526 g/mol. The van der Waals surface area contributed by atoms with Gasteiger partial charge in [0.05, 0.1) is 21.8 Å². The summed E-state index contributed by atoms with van der Waals surface area (Å²) in [6.07, 6.45) is 1.27. The minimum atomic E-state index is -1.02. The normalized spacial score (nSPS) is 10.9. The summed E-state index contributed by atoms with van der Waals surface area (Å²) >= 11 is 24.4. The highest BCUT2D eigenvalue weighted by Crippen LogP contribution is 2.43. The summed E-state index contributed by atoms with van der Waals surface area (Å²) in [5, 5.41) is 0.448. The number of rotatable bonds is 6. The van der Waals surface area contributed by atoms with Gasteiger partial charge in [-0.2, -0.15) is 0 Å². The summed E-state index contributed by atoms with van der Waals surface area (Å²) < 4.78 is 33.0. The van der Waals surface area contributed by atoms with E-state index >= 15 is 0 Å². The number of benzene rings is 3. The number of hydrogen-bond acceptors (Lipinski definition) is 3. The summed E-state index contributed by atoms with van der Waals surface area (Å²) in [6.45, 7) is -0.174. The number of aromatic nitrogens is 1. The molecular formula is C25H13Cl4F2NO2. The van der Waals surface area contributed by atoms with Crippen LogP contribution in [0.3, 0.4) is 0 Å². The van der Waals surface area contributed by atoms with Crippen LogP contribution >= 0.6 is 46.4 Å². The van der Waals surface area contributed by atoms with Crippen LogP contribution in [-0.2, 0) is 6.61 Å². The van der Waals surface area contributed by atoms with Crippen molar-refractivity contribution in [3.05, 3.63) is 105 Å². The van der Waals surface area contributed by atoms with Gasteiger partial charge in [-0.05, 0) is 65.2 Å². The highest BCUT2D eigenvalue weighted by molar-refractivity contribution is 6.68. The zero-order chi connectivity index (χ0) is 24.4. The van der Waals surface area contributed by atoms with Gasteiger partial charge in [0.1, 0.15) is 12.4 Å². The zero-order valence-electron chi connectivity index (χ0n) is 17.1. The van der Waals surface area contributed by atoms with E-state index in [0.717, 1.165) is 12.1 Å². The first-order chi connectivity index (χ1) is 16.2. The maximum atomic E-state index is 13.7. The summed E-state index contributed by atoms with van der Waals surface area (Å²) in [5.41, 5.74) is 2.28. The Labute approximate surface area is 213 Å². The van der Waals surface area contributed by atoms with Crippen molar-refractivity contribution < 1.29 is 18.3 Å². The molecule has 3 nitrogen and oxygen atoms in total. The van der Waals surface area contributed by atoms with E-state index < -0.39 is 16.9 Å². The van der Waals surface area contributed by atoms with E-state index in [-0.39, 0.29) is 17.9 Å². The largest absolute Gasteiger partial charge is 0.487 e. The monoisotopic (exact) mass is 537 g/mol. The van der Waals surface area contributed by atoms with Gasteiger partial charge in [-0.3, -0.25) is 9.78 Å². The average Bonchev–Trinajstić information content (AvgIpc) is 2.80. The molecule has 0 aliphatic heterocycles. The maximum absolute atomic E-state index is 13.7. The molecule has 0 saturated heterocycles. The van der Waals surface area contributed by atoms with Gasteiger partial charge in [-0.15, -0.1) is 0 Å². The molecule has 1 heterocycles. The highest BCUT2D eigenvalue weighted by atomic mass is 35.5. The van der Waals surface area contributed by atoms with Gasteiger partial charge in [0.2, 0.25) is 0 Å². The third-order valence-electron chi connectivity index (χ3n) is 4.93. The number of carbonyl (C=O) groups is 1. The van der Waals surface area contributed by atoms with Crippen LogP contribution in [-0.4, -0.2) is 10.2 Å². The SMILES string of the molecule is O=C(Cl)c1cnc(-c2ccc(Cl)cc2Cl)c(-c2ccc(Cl)cc2)c1OCc1ccc(F)c(F)c1. The van der Waals surface area contributed by atoms with E-state index in [4.69, 9.17) is 51.1 Å². The summed E-state index contributed by atoms with van der Waals surface area (Å²) in [7, 11) is 0. The molecule has 0 atom stereocenters. The fourth-order valence-electron chi connectivity index (χ4n) is 3.34. The van der Waals surface area contributed by atoms with Crippen molar-refractivity contribution >= 4 is 51.6 Å². The molecule has 0 bridgehead atoms. The van der Waals surface area contributed by atoms with Crippen molar-refractivity contribution in [3.63, 3.8) is 0 Å². The first-order valence-electron chi connectivity index (χ1n) is 9.75. The van der Waals surface area contributed by atoms with E-state index in [1.165, 1.54) is 12.3 Å². The number of carbonyl (C=O) groups excluding carboxylic acids is 1. The number of pyridine rings is 1. The molecule has 172 valence electrons. The second-order valence-electron chi connectivity index (χ2n) is 7.17. The molecule has 0 unspecified atom stereocenters. The molecule has 0 fully saturated rings. The van der Waals surface area contributed by atoms with Crippen LogP contribution in [0, 0.1) is 11.6 Å². The van der Waals surface area contributed by atoms with Gasteiger partial charge in [0.15, 0.2) is 11.6 Å². The van der Waals surface area contributed by atoms with Crippen molar-refractivity contribution in [2.45, 2.75) is 6.61 Å². The molecule has 4 rings (SSSR count). The minimum absolute atomic E-state index is 0.0111. The quantitative estimate of drug-likeness (QED) is 0.231. The lowest BCUT2D eigenvalue weighted by molar-refractivity contribution is 0.107. The fourth-order valence-corrected chi connectivity index (χ4v) is 4.10. The van der Waals surface area contributed by atoms with Gasteiger partial charge in [0.25, 0.3) is 5.24 Å². The molecule has 34 heavy (non-hydrogen) atoms. The lowest BCUT2D eigenvalue weighted by atomic mass is 9.96. The first-order valence-corrected chi connectivity index (χ1v) is 11.3. The Morgan fingerprint density at radius 3 is 2.24 bits per heavy atom. The maximum Gasteiger partial charge on any atom is 0.257 e. The predicted octanol–water partition coefficient (Wildman–Crippen LogP) is 8.61. The van der Waals surface area contributed by atoms with Gasteiger partial charge >= 0.3 is 0 Å². The molecule has 0 spiro atoms. The molecule has 4 aromatic rings. The fraction of sp³-hybridized carbons (Fsp3) is 0.0400. The predicted molar refractivity (Wildman–Crippen MR) is 131 cm³/mol. The molecule has 0 amide bonds. The van der Waals surface area contributed by atoms with Crippen molar-refractivity contribution in [2.75, 3.05) is 0 Å². The second kappa shape index (κ2) is 10.3. The van der Waals surface area contributed by atoms with E-state index in [2.05, 4.69) is 4.98 Å². The van der Waals surface area contributed by atoms with Crippen LogP contribution < -0.4 is 4.74 Å². The molecule has 0 saturated carbocycles. The first kappa shape index (κ1) is 24.4. The van der Waals surface area contributed by atoms with Gasteiger partial charge in [-0.25, -0.2) is 8.78 Å². The molecule has 0 N–H and O–H groups in total. The topological polar surface area (TPSA) is 39.2 Å². The van der Waals surface area contributed by atoms with Crippen LogP contribution in [0.4, 0.5) is 8.78 Å². The third-order valence-corrected chi connectivity index (χ3v) is 5.93. The van der Waals surface area contributed by atoms with Crippen molar-refractivity contribution in [3.8, 4) is 28.1 Å². The Hall–Kier alpha value is -2.70. The van der Waals surface area contributed by atoms with Crippen molar-refractivity contribution in [1.82, 2.24) is 4.98 Å². The Kier molecular flexibility index (Phi) is 7.39. The lowest BCUT2D eigenvalue weighted by Gasteiger charge is -2.19. The van der Waals surface area contributed by atoms with Gasteiger partial charge in [0, 0.05) is 21.8 Å². The molecule has 9 heteroatoms. The lowest BCUT2D eigenvalue weighted by Crippen LogP contribution is -2.06. The molecule has 3 aromatic carbocycles. The Bertz CT molecular complexity index is 1390. The molecule has 1 aromatic heterocycles. The van der Waals surface area contributed by atoms with E-state index in [9.17, 15) is 13.6 Å². The summed E-state index contributed by atoms with van der Waals surface area (Å²) in [5.74, 6) is -1.90. The van der Waals surface area contributed by atoms with E-state index in [0.29, 0.717) is 43.0 Å². The Balaban J connectivity index is 1.93. The van der Waals surface area contributed by atoms with Gasteiger partial charge < -0.3 is 4.74 Å². The van der Waals surface area contributed by atoms with E-state index in [1.807, 2.05) is 0 Å². The average molecular weight is 539 g/mol. The standard InChI is InChI=1S/C25H13Cl4F2NO2/c26-15-4-2-14(3-5-15)22-23(17-7-6-16(27)10-19(17)28)32-11-18(25(29)33)24(22)34-12-13-1-8-20(30)21(31)9-13/h1-11H,12H2. The van der Waals surface area contributed by atoms with Crippen LogP contribution in [0.1, 0.15) is 15.9 Å². The van der Waals surface area contributed by atoms with Crippen LogP contribution in [0.2, 0.25) is 15.1 Å². The Morgan fingerprint density at radius 1 is 0.882 bits per heavy atom. The summed E-state index contributed by atoms with van der Waals surface area (Å²) in [4.78, 5) is 16.7. The third kappa shape index (κ3) is 5.18. The minimum Gasteiger partial charge on any atom is -0.487 e. The summed E-state index contributed by atoms with van der Waals surface area (Å²) in [6, 6.07) is 15.1. The van der Waals surface area contributed by atoms with E-state index in [1.54, 1.807) is 42.5 Å². The number of hydrogen-bond donors (Lipinski definition) is 0. The highest BCUT2D eigenvalue weighted by Gasteiger charge is 2.24. The number of ether oxygens (including phenoxy) is 1.